The summed E-state index contributed by atoms with van der Waals surface area (Å²) in [6.45, 7) is 0. The third kappa shape index (κ3) is 5.87. The molecular formula is C25H19FN4O4S. The van der Waals surface area contributed by atoms with Crippen LogP contribution in [-0.4, -0.2) is 25.2 Å². The molecule has 3 aromatic carbocycles. The fourth-order valence-electron chi connectivity index (χ4n) is 3.15. The highest BCUT2D eigenvalue weighted by Gasteiger charge is 2.20. The van der Waals surface area contributed by atoms with Crippen molar-refractivity contribution in [2.45, 2.75) is 4.90 Å². The number of hydrogen-bond donors (Lipinski definition) is 3. The Labute approximate surface area is 200 Å². The number of halogens is 1. The van der Waals surface area contributed by atoms with Gasteiger partial charge in [0, 0.05) is 16.9 Å². The van der Waals surface area contributed by atoms with Crippen LogP contribution in [0.5, 0.6) is 0 Å². The number of urea groups is 1. The molecule has 35 heavy (non-hydrogen) atoms. The molecule has 0 spiro atoms. The molecule has 1 heterocycles. The van der Waals surface area contributed by atoms with E-state index in [4.69, 9.17) is 0 Å². The maximum Gasteiger partial charge on any atom is 0.323 e. The smallest absolute Gasteiger partial charge is 0.308 e. The minimum absolute atomic E-state index is 0.0257. The van der Waals surface area contributed by atoms with Crippen molar-refractivity contribution in [3.8, 4) is 0 Å². The molecule has 0 aliphatic rings. The Bertz CT molecular complexity index is 1460. The lowest BCUT2D eigenvalue weighted by atomic mass is 10.1. The number of sulfonamides is 1. The van der Waals surface area contributed by atoms with Gasteiger partial charge in [0.1, 0.15) is 11.5 Å². The Morgan fingerprint density at radius 3 is 2.03 bits per heavy atom. The van der Waals surface area contributed by atoms with E-state index in [2.05, 4.69) is 20.3 Å². The number of carbonyl (C=O) groups is 2. The van der Waals surface area contributed by atoms with Gasteiger partial charge in [0.25, 0.3) is 10.0 Å². The Morgan fingerprint density at radius 1 is 0.743 bits per heavy atom. The van der Waals surface area contributed by atoms with E-state index >= 15 is 0 Å². The fraction of sp³-hybridized carbons (Fsp3) is 0. The minimum atomic E-state index is -4.06. The zero-order chi connectivity index (χ0) is 24.8. The van der Waals surface area contributed by atoms with Crippen LogP contribution in [0.15, 0.2) is 102 Å². The van der Waals surface area contributed by atoms with Crippen LogP contribution in [0.3, 0.4) is 0 Å². The molecule has 1 aromatic heterocycles. The van der Waals surface area contributed by atoms with Gasteiger partial charge in [-0.15, -0.1) is 0 Å². The van der Waals surface area contributed by atoms with Gasteiger partial charge in [0.2, 0.25) is 5.78 Å². The van der Waals surface area contributed by atoms with Crippen LogP contribution in [0.4, 0.5) is 26.2 Å². The van der Waals surface area contributed by atoms with E-state index in [0.717, 1.165) is 12.3 Å². The zero-order valence-corrected chi connectivity index (χ0v) is 18.9. The highest BCUT2D eigenvalue weighted by molar-refractivity contribution is 7.92. The number of rotatable bonds is 7. The molecule has 0 aliphatic heterocycles. The molecule has 0 unspecified atom stereocenters. The molecule has 0 saturated carbocycles. The molecule has 0 fully saturated rings. The maximum atomic E-state index is 13.1. The van der Waals surface area contributed by atoms with Gasteiger partial charge in [-0.3, -0.25) is 9.52 Å². The number of carbonyl (C=O) groups excluding carboxylic acids is 2. The minimum Gasteiger partial charge on any atom is -0.308 e. The first-order chi connectivity index (χ1) is 16.8. The van der Waals surface area contributed by atoms with Gasteiger partial charge in [0.05, 0.1) is 16.8 Å². The molecule has 0 saturated heterocycles. The number of pyridine rings is 1. The van der Waals surface area contributed by atoms with E-state index in [0.29, 0.717) is 11.4 Å². The van der Waals surface area contributed by atoms with Crippen molar-refractivity contribution in [2.75, 3.05) is 15.4 Å². The summed E-state index contributed by atoms with van der Waals surface area (Å²) in [4.78, 5) is 28.6. The molecule has 0 aliphatic carbocycles. The number of ketones is 1. The van der Waals surface area contributed by atoms with Gasteiger partial charge >= 0.3 is 6.03 Å². The van der Waals surface area contributed by atoms with E-state index in [1.165, 1.54) is 42.5 Å². The molecule has 0 atom stereocenters. The van der Waals surface area contributed by atoms with Crippen LogP contribution in [0.25, 0.3) is 0 Å². The third-order valence-electron chi connectivity index (χ3n) is 4.83. The molecule has 2 amide bonds. The SMILES string of the molecule is O=C(Nc1ccccc1)Nc1ccc(S(=O)(=O)Nc2ccccc2C(=O)c2ccc(F)cn2)cc1. The van der Waals surface area contributed by atoms with E-state index in [1.54, 1.807) is 36.4 Å². The van der Waals surface area contributed by atoms with Crippen LogP contribution in [-0.2, 0) is 10.0 Å². The van der Waals surface area contributed by atoms with Crippen LogP contribution in [0.1, 0.15) is 16.1 Å². The number of anilines is 3. The van der Waals surface area contributed by atoms with E-state index in [-0.39, 0.29) is 21.8 Å². The summed E-state index contributed by atoms with van der Waals surface area (Å²) < 4.78 is 41.4. The second-order valence-electron chi connectivity index (χ2n) is 7.31. The lowest BCUT2D eigenvalue weighted by molar-refractivity contribution is 0.103. The highest BCUT2D eigenvalue weighted by Crippen LogP contribution is 2.23. The van der Waals surface area contributed by atoms with Gasteiger partial charge in [-0.1, -0.05) is 30.3 Å². The number of hydrogen-bond acceptors (Lipinski definition) is 5. The summed E-state index contributed by atoms with van der Waals surface area (Å²) in [7, 11) is -4.06. The summed E-state index contributed by atoms with van der Waals surface area (Å²) in [5, 5.41) is 5.28. The quantitative estimate of drug-likeness (QED) is 0.319. The fourth-order valence-corrected chi connectivity index (χ4v) is 4.23. The Balaban J connectivity index is 1.48. The number of aromatic nitrogens is 1. The number of para-hydroxylation sites is 2. The van der Waals surface area contributed by atoms with Crippen LogP contribution < -0.4 is 15.4 Å². The summed E-state index contributed by atoms with van der Waals surface area (Å²) in [6, 6.07) is 22.3. The number of benzene rings is 3. The molecule has 4 aromatic rings. The van der Waals surface area contributed by atoms with Crippen LogP contribution in [0, 0.1) is 5.82 Å². The Morgan fingerprint density at radius 2 is 1.37 bits per heavy atom. The first-order valence-electron chi connectivity index (χ1n) is 10.3. The molecule has 176 valence electrons. The number of amides is 2. The normalized spacial score (nSPS) is 10.9. The average molecular weight is 491 g/mol. The predicted octanol–water partition coefficient (Wildman–Crippen LogP) is 4.90. The largest absolute Gasteiger partial charge is 0.323 e. The molecule has 10 heteroatoms. The second-order valence-corrected chi connectivity index (χ2v) is 8.99. The van der Waals surface area contributed by atoms with Gasteiger partial charge in [-0.05, 0) is 60.7 Å². The Kier molecular flexibility index (Phi) is 6.83. The van der Waals surface area contributed by atoms with Crippen molar-refractivity contribution in [3.05, 3.63) is 114 Å². The topological polar surface area (TPSA) is 117 Å². The van der Waals surface area contributed by atoms with Gasteiger partial charge in [0.15, 0.2) is 0 Å². The standard InChI is InChI=1S/C25H19FN4O4S/c26-17-10-15-23(27-16-17)24(31)21-8-4-5-9-22(21)30-35(33,34)20-13-11-19(12-14-20)29-25(32)28-18-6-2-1-3-7-18/h1-16,30H,(H2,28,29,32). The first-order valence-corrected chi connectivity index (χ1v) is 11.8. The van der Waals surface area contributed by atoms with Crippen molar-refractivity contribution in [1.82, 2.24) is 4.98 Å². The lowest BCUT2D eigenvalue weighted by Gasteiger charge is -2.13. The van der Waals surface area contributed by atoms with Crippen LogP contribution in [0.2, 0.25) is 0 Å². The van der Waals surface area contributed by atoms with Crippen molar-refractivity contribution < 1.29 is 22.4 Å². The molecular weight excluding hydrogens is 471 g/mol. The summed E-state index contributed by atoms with van der Waals surface area (Å²) in [5.41, 5.74) is 1.08. The second kappa shape index (κ2) is 10.1. The average Bonchev–Trinajstić information content (AvgIpc) is 2.85. The van der Waals surface area contributed by atoms with Crippen molar-refractivity contribution in [1.29, 1.82) is 0 Å². The van der Waals surface area contributed by atoms with Gasteiger partial charge < -0.3 is 10.6 Å². The number of nitrogens with zero attached hydrogens (tertiary/aromatic N) is 1. The summed E-state index contributed by atoms with van der Waals surface area (Å²) >= 11 is 0. The summed E-state index contributed by atoms with van der Waals surface area (Å²) in [5.74, 6) is -1.15. The zero-order valence-electron chi connectivity index (χ0n) is 18.1. The van der Waals surface area contributed by atoms with E-state index in [9.17, 15) is 22.4 Å². The van der Waals surface area contributed by atoms with Crippen LogP contribution >= 0.6 is 0 Å². The monoisotopic (exact) mass is 490 g/mol. The van der Waals surface area contributed by atoms with Gasteiger partial charge in [-0.2, -0.15) is 0 Å². The molecule has 0 radical (unpaired) electrons. The summed E-state index contributed by atoms with van der Waals surface area (Å²) in [6.07, 6.45) is 0.912. The van der Waals surface area contributed by atoms with E-state index < -0.39 is 27.7 Å². The molecule has 4 rings (SSSR count). The molecule has 8 nitrogen and oxygen atoms in total. The lowest BCUT2D eigenvalue weighted by Crippen LogP contribution is -2.19. The Hall–Kier alpha value is -4.57. The molecule has 0 bridgehead atoms. The van der Waals surface area contributed by atoms with Crippen molar-refractivity contribution in [2.24, 2.45) is 0 Å². The third-order valence-corrected chi connectivity index (χ3v) is 6.21. The van der Waals surface area contributed by atoms with Gasteiger partial charge in [-0.25, -0.2) is 22.6 Å². The first kappa shape index (κ1) is 23.6. The highest BCUT2D eigenvalue weighted by atomic mass is 32.2. The number of nitrogens with one attached hydrogen (secondary N) is 3. The predicted molar refractivity (Wildman–Crippen MR) is 130 cm³/mol. The maximum absolute atomic E-state index is 13.1. The van der Waals surface area contributed by atoms with E-state index in [1.807, 2.05) is 6.07 Å². The molecule has 3 N–H and O–H groups in total. The van der Waals surface area contributed by atoms with Crippen molar-refractivity contribution in [3.63, 3.8) is 0 Å². The van der Waals surface area contributed by atoms with Crippen molar-refractivity contribution >= 4 is 38.9 Å².